The molecule has 0 bridgehead atoms. The van der Waals surface area contributed by atoms with Crippen LogP contribution in [-0.2, 0) is 11.2 Å². The Morgan fingerprint density at radius 3 is 2.52 bits per heavy atom. The predicted molar refractivity (Wildman–Crippen MR) is 102 cm³/mol. The zero-order valence-corrected chi connectivity index (χ0v) is 15.3. The summed E-state index contributed by atoms with van der Waals surface area (Å²) in [5.74, 6) is 0.641. The van der Waals surface area contributed by atoms with Gasteiger partial charge in [-0.15, -0.1) is 0 Å². The summed E-state index contributed by atoms with van der Waals surface area (Å²) in [5.41, 5.74) is 1.99. The number of hydrogen-bond donors (Lipinski definition) is 3. The maximum Gasteiger partial charge on any atom is 0.319 e. The highest BCUT2D eigenvalue weighted by Gasteiger charge is 2.16. The zero-order chi connectivity index (χ0) is 17.9. The third kappa shape index (κ3) is 7.16. The molecule has 5 heteroatoms. The van der Waals surface area contributed by atoms with Crippen LogP contribution >= 0.6 is 0 Å². The van der Waals surface area contributed by atoms with Crippen LogP contribution in [0.5, 0.6) is 0 Å². The van der Waals surface area contributed by atoms with Crippen molar-refractivity contribution in [1.82, 2.24) is 10.6 Å². The third-order valence-corrected chi connectivity index (χ3v) is 4.72. The average Bonchev–Trinajstić information content (AvgIpc) is 2.61. The fourth-order valence-corrected chi connectivity index (χ4v) is 3.40. The normalized spacial score (nSPS) is 14.8. The Morgan fingerprint density at radius 1 is 1.04 bits per heavy atom. The van der Waals surface area contributed by atoms with Crippen molar-refractivity contribution in [1.29, 1.82) is 0 Å². The van der Waals surface area contributed by atoms with Gasteiger partial charge in [0, 0.05) is 25.2 Å². The van der Waals surface area contributed by atoms with Crippen molar-refractivity contribution >= 4 is 17.6 Å². The molecule has 138 valence electrons. The Balaban J connectivity index is 1.62. The Bertz CT molecular complexity index is 554. The summed E-state index contributed by atoms with van der Waals surface area (Å²) in [4.78, 5) is 23.9. The molecular formula is C20H31N3O2. The molecule has 5 nitrogen and oxygen atoms in total. The van der Waals surface area contributed by atoms with Crippen LogP contribution in [-0.4, -0.2) is 25.0 Å². The maximum absolute atomic E-state index is 12.0. The largest absolute Gasteiger partial charge is 0.354 e. The summed E-state index contributed by atoms with van der Waals surface area (Å²) < 4.78 is 0. The molecule has 0 aliphatic heterocycles. The Labute approximate surface area is 151 Å². The molecular weight excluding hydrogens is 314 g/mol. The van der Waals surface area contributed by atoms with Crippen molar-refractivity contribution in [2.75, 3.05) is 18.4 Å². The quantitative estimate of drug-likeness (QED) is 0.626. The molecule has 0 saturated heterocycles. The van der Waals surface area contributed by atoms with Crippen molar-refractivity contribution in [3.8, 4) is 0 Å². The summed E-state index contributed by atoms with van der Waals surface area (Å²) >= 11 is 0. The lowest BCUT2D eigenvalue weighted by Crippen LogP contribution is -2.37. The van der Waals surface area contributed by atoms with Gasteiger partial charge in [-0.3, -0.25) is 4.79 Å². The first-order chi connectivity index (χ1) is 12.2. The lowest BCUT2D eigenvalue weighted by atomic mass is 9.87. The van der Waals surface area contributed by atoms with Crippen molar-refractivity contribution in [3.63, 3.8) is 0 Å². The predicted octanol–water partition coefficient (Wildman–Crippen LogP) is 3.85. The van der Waals surface area contributed by atoms with E-state index in [0.29, 0.717) is 25.4 Å². The minimum absolute atomic E-state index is 0.0994. The molecule has 0 aromatic heterocycles. The van der Waals surface area contributed by atoms with E-state index in [1.54, 1.807) is 0 Å². The number of carbonyl (C=O) groups excluding carboxylic acids is 2. The Kier molecular flexibility index (Phi) is 8.29. The highest BCUT2D eigenvalue weighted by atomic mass is 16.2. The first-order valence-corrected chi connectivity index (χ1v) is 9.58. The molecule has 1 fully saturated rings. The highest BCUT2D eigenvalue weighted by molar-refractivity contribution is 5.90. The average molecular weight is 345 g/mol. The first kappa shape index (κ1) is 19.3. The van der Waals surface area contributed by atoms with E-state index < -0.39 is 0 Å². The first-order valence-electron chi connectivity index (χ1n) is 9.58. The molecule has 1 aliphatic rings. The van der Waals surface area contributed by atoms with Crippen LogP contribution in [0.15, 0.2) is 24.3 Å². The van der Waals surface area contributed by atoms with Crippen LogP contribution in [0.4, 0.5) is 10.5 Å². The number of amides is 3. The van der Waals surface area contributed by atoms with Crippen LogP contribution in [0.3, 0.4) is 0 Å². The SMILES string of the molecule is CCCc1ccccc1NC(=O)NCCNC(=O)CC1CCCCC1. The molecule has 3 N–H and O–H groups in total. The van der Waals surface area contributed by atoms with Crippen LogP contribution in [0, 0.1) is 5.92 Å². The van der Waals surface area contributed by atoms with Gasteiger partial charge in [-0.25, -0.2) is 4.79 Å². The van der Waals surface area contributed by atoms with Gasteiger partial charge in [0.25, 0.3) is 0 Å². The molecule has 1 aromatic carbocycles. The number of benzene rings is 1. The van der Waals surface area contributed by atoms with Gasteiger partial charge < -0.3 is 16.0 Å². The monoisotopic (exact) mass is 345 g/mol. The smallest absolute Gasteiger partial charge is 0.319 e. The number of rotatable bonds is 8. The summed E-state index contributed by atoms with van der Waals surface area (Å²) in [7, 11) is 0. The number of para-hydroxylation sites is 1. The molecule has 1 aromatic rings. The summed E-state index contributed by atoms with van der Waals surface area (Å²) in [6.45, 7) is 3.01. The van der Waals surface area contributed by atoms with E-state index in [4.69, 9.17) is 0 Å². The van der Waals surface area contributed by atoms with Gasteiger partial charge in [-0.2, -0.15) is 0 Å². The van der Waals surface area contributed by atoms with Crippen molar-refractivity contribution < 1.29 is 9.59 Å². The standard InChI is InChI=1S/C20H31N3O2/c1-2-8-17-11-6-7-12-18(17)23-20(25)22-14-13-21-19(24)15-16-9-4-3-5-10-16/h6-7,11-12,16H,2-5,8-10,13-15H2,1H3,(H,21,24)(H2,22,23,25). The molecule has 0 heterocycles. The molecule has 3 amide bonds. The van der Waals surface area contributed by atoms with E-state index in [0.717, 1.165) is 24.1 Å². The second-order valence-corrected chi connectivity index (χ2v) is 6.85. The van der Waals surface area contributed by atoms with Crippen molar-refractivity contribution in [2.45, 2.75) is 58.3 Å². The second kappa shape index (κ2) is 10.7. The lowest BCUT2D eigenvalue weighted by Gasteiger charge is -2.20. The van der Waals surface area contributed by atoms with E-state index >= 15 is 0 Å². The molecule has 1 aliphatic carbocycles. The molecule has 1 saturated carbocycles. The van der Waals surface area contributed by atoms with Gasteiger partial charge in [-0.1, -0.05) is 50.8 Å². The third-order valence-electron chi connectivity index (χ3n) is 4.72. The Hall–Kier alpha value is -2.04. The number of urea groups is 1. The van der Waals surface area contributed by atoms with Gasteiger partial charge in [-0.05, 0) is 36.8 Å². The lowest BCUT2D eigenvalue weighted by molar-refractivity contribution is -0.122. The molecule has 2 rings (SSSR count). The second-order valence-electron chi connectivity index (χ2n) is 6.85. The molecule has 0 radical (unpaired) electrons. The molecule has 0 spiro atoms. The fraction of sp³-hybridized carbons (Fsp3) is 0.600. The number of aryl methyl sites for hydroxylation is 1. The topological polar surface area (TPSA) is 70.2 Å². The van der Waals surface area contributed by atoms with Gasteiger partial charge in [0.15, 0.2) is 0 Å². The van der Waals surface area contributed by atoms with Crippen LogP contribution in [0.2, 0.25) is 0 Å². The van der Waals surface area contributed by atoms with Crippen molar-refractivity contribution in [2.24, 2.45) is 5.92 Å². The summed E-state index contributed by atoms with van der Waals surface area (Å²) in [6.07, 6.45) is 8.74. The Morgan fingerprint density at radius 2 is 1.76 bits per heavy atom. The van der Waals surface area contributed by atoms with Gasteiger partial charge >= 0.3 is 6.03 Å². The van der Waals surface area contributed by atoms with E-state index in [9.17, 15) is 9.59 Å². The van der Waals surface area contributed by atoms with Crippen LogP contribution in [0.25, 0.3) is 0 Å². The number of carbonyl (C=O) groups is 2. The molecule has 0 unspecified atom stereocenters. The van der Waals surface area contributed by atoms with Crippen molar-refractivity contribution in [3.05, 3.63) is 29.8 Å². The van der Waals surface area contributed by atoms with E-state index in [2.05, 4.69) is 22.9 Å². The number of nitrogens with one attached hydrogen (secondary N) is 3. The minimum atomic E-state index is -0.231. The maximum atomic E-state index is 12.0. The van der Waals surface area contributed by atoms with Crippen LogP contribution < -0.4 is 16.0 Å². The zero-order valence-electron chi connectivity index (χ0n) is 15.3. The van der Waals surface area contributed by atoms with E-state index in [1.807, 2.05) is 24.3 Å². The molecule has 25 heavy (non-hydrogen) atoms. The van der Waals surface area contributed by atoms with Crippen LogP contribution in [0.1, 0.15) is 57.4 Å². The number of hydrogen-bond acceptors (Lipinski definition) is 2. The van der Waals surface area contributed by atoms with Gasteiger partial charge in [0.2, 0.25) is 5.91 Å². The minimum Gasteiger partial charge on any atom is -0.354 e. The van der Waals surface area contributed by atoms with Gasteiger partial charge in [0.05, 0.1) is 0 Å². The van der Waals surface area contributed by atoms with Gasteiger partial charge in [0.1, 0.15) is 0 Å². The highest BCUT2D eigenvalue weighted by Crippen LogP contribution is 2.25. The summed E-state index contributed by atoms with van der Waals surface area (Å²) in [5, 5.41) is 8.58. The van der Waals surface area contributed by atoms with E-state index in [-0.39, 0.29) is 11.9 Å². The van der Waals surface area contributed by atoms with E-state index in [1.165, 1.54) is 32.1 Å². The fourth-order valence-electron chi connectivity index (χ4n) is 3.40. The number of anilines is 1. The summed E-state index contributed by atoms with van der Waals surface area (Å²) in [6, 6.07) is 7.61. The molecule has 0 atom stereocenters.